The third-order valence-electron chi connectivity index (χ3n) is 9.96. The average Bonchev–Trinajstić information content (AvgIpc) is 3.37. The first-order chi connectivity index (χ1) is 24.7. The highest BCUT2D eigenvalue weighted by Crippen LogP contribution is 2.36. The number of carbonyl (C=O) groups is 1. The highest BCUT2D eigenvalue weighted by Gasteiger charge is 2.51. The largest absolute Gasteiger partial charge is 0.394 e. The molecule has 2 saturated heterocycles. The van der Waals surface area contributed by atoms with E-state index in [2.05, 4.69) is 37.9 Å². The summed E-state index contributed by atoms with van der Waals surface area (Å²) < 4.78 is 23.2. The molecule has 11 N–H and O–H groups in total. The molecule has 298 valence electrons. The number of hydrogen-bond acceptors (Lipinski definition) is 15. The summed E-state index contributed by atoms with van der Waals surface area (Å²) in [6.45, 7) is 7.88. The summed E-state index contributed by atoms with van der Waals surface area (Å²) in [5, 5.41) is 73.0. The number of carbonyl (C=O) groups excluding carboxylic acids is 1. The van der Waals surface area contributed by atoms with E-state index in [4.69, 9.17) is 30.4 Å². The fourth-order valence-corrected chi connectivity index (χ4v) is 6.70. The first-order valence-electron chi connectivity index (χ1n) is 18.4. The van der Waals surface area contributed by atoms with E-state index in [1.54, 1.807) is 6.21 Å². The molecule has 3 fully saturated rings. The van der Waals surface area contributed by atoms with Crippen LogP contribution in [-0.2, 0) is 23.7 Å². The lowest BCUT2D eigenvalue weighted by atomic mass is 9.76. The molecule has 0 bridgehead atoms. The van der Waals surface area contributed by atoms with Gasteiger partial charge in [0.1, 0.15) is 48.8 Å². The molecule has 3 aliphatic rings. The Morgan fingerprint density at radius 2 is 1.58 bits per heavy atom. The molecule has 2 aliphatic heterocycles. The molecule has 0 aromatic heterocycles. The van der Waals surface area contributed by atoms with Crippen molar-refractivity contribution >= 4 is 12.0 Å². The van der Waals surface area contributed by atoms with Gasteiger partial charge < -0.3 is 66.2 Å². The molecular formula is C37H63N3O12. The molecule has 0 aromatic carbocycles. The molecule has 15 nitrogen and oxygen atoms in total. The van der Waals surface area contributed by atoms with E-state index in [1.165, 1.54) is 11.1 Å². The molecule has 15 heteroatoms. The minimum absolute atomic E-state index is 0.0741. The van der Waals surface area contributed by atoms with Gasteiger partial charge in [0.2, 0.25) is 0 Å². The molecule has 0 amide bonds. The number of nitrogens with two attached hydrogens (primary N) is 2. The number of hydrogen-bond donors (Lipinski definition) is 9. The summed E-state index contributed by atoms with van der Waals surface area (Å²) in [5.41, 5.74) is 16.1. The lowest BCUT2D eigenvalue weighted by molar-refractivity contribution is -0.304. The molecule has 52 heavy (non-hydrogen) atoms. The van der Waals surface area contributed by atoms with Crippen molar-refractivity contribution in [1.29, 1.82) is 0 Å². The number of allylic oxidation sites excluding steroid dienone is 6. The molecule has 0 radical (unpaired) electrons. The van der Waals surface area contributed by atoms with Gasteiger partial charge in [-0.3, -0.25) is 9.79 Å². The van der Waals surface area contributed by atoms with Crippen molar-refractivity contribution in [2.24, 2.45) is 22.4 Å². The van der Waals surface area contributed by atoms with E-state index in [0.29, 0.717) is 0 Å². The maximum absolute atomic E-state index is 13.1. The van der Waals surface area contributed by atoms with Crippen LogP contribution in [0.3, 0.4) is 0 Å². The van der Waals surface area contributed by atoms with Crippen LogP contribution in [0.25, 0.3) is 0 Å². The van der Waals surface area contributed by atoms with Gasteiger partial charge >= 0.3 is 0 Å². The zero-order chi connectivity index (χ0) is 38.5. The Kier molecular flexibility index (Phi) is 18.6. The Hall–Kier alpha value is -1.96. The van der Waals surface area contributed by atoms with Gasteiger partial charge in [-0.15, -0.1) is 0 Å². The van der Waals surface area contributed by atoms with E-state index in [-0.39, 0.29) is 38.8 Å². The summed E-state index contributed by atoms with van der Waals surface area (Å²) in [5.74, 6) is -1.32. The number of aliphatic imine (C=N–C) groups is 1. The molecule has 2 heterocycles. The smallest absolute Gasteiger partial charge is 0.187 e. The van der Waals surface area contributed by atoms with Crippen molar-refractivity contribution in [1.82, 2.24) is 0 Å². The van der Waals surface area contributed by atoms with Crippen LogP contribution in [-0.4, -0.2) is 147 Å². The summed E-state index contributed by atoms with van der Waals surface area (Å²) in [6, 6.07) is -0.870. The highest BCUT2D eigenvalue weighted by molar-refractivity contribution is 5.83. The molecule has 3 rings (SSSR count). The van der Waals surface area contributed by atoms with Gasteiger partial charge in [-0.25, -0.2) is 0 Å². The zero-order valence-electron chi connectivity index (χ0n) is 30.9. The zero-order valence-corrected chi connectivity index (χ0v) is 30.9. The predicted octanol–water partition coefficient (Wildman–Crippen LogP) is -0.100. The Morgan fingerprint density at radius 1 is 0.885 bits per heavy atom. The second-order valence-electron chi connectivity index (χ2n) is 14.6. The van der Waals surface area contributed by atoms with Crippen molar-refractivity contribution in [3.8, 4) is 0 Å². The normalized spacial score (nSPS) is 36.7. The standard InChI is InChI=1S/C37H63N3O12/c1-20(2)7-5-8-21(3)9-6-10-22(4)11-13-40-14-12-25(42)26(43)16-23-15-24(39)35(51-30-17-27(44)32(46)28(18-38)49-30)36(31(23)45)52-37-34(48)33(47)29(19-41)50-37/h7,9,11,13,23-25,27-37,41-42,44-48H,5-6,8,10,12,14-19,38-39H2,1-4H3/b21-9+,22-11+,40-13?. The fraction of sp³-hybridized carbons (Fsp3) is 0.784. The summed E-state index contributed by atoms with van der Waals surface area (Å²) >= 11 is 0. The Morgan fingerprint density at radius 3 is 2.23 bits per heavy atom. The van der Waals surface area contributed by atoms with Gasteiger partial charge in [0.25, 0.3) is 0 Å². The molecule has 1 saturated carbocycles. The van der Waals surface area contributed by atoms with E-state index >= 15 is 0 Å². The van der Waals surface area contributed by atoms with Gasteiger partial charge in [0.05, 0.1) is 18.8 Å². The number of ether oxygens (including phenoxy) is 4. The first kappa shape index (κ1) is 44.4. The minimum atomic E-state index is -1.59. The third-order valence-corrected chi connectivity index (χ3v) is 9.96. The van der Waals surface area contributed by atoms with E-state index < -0.39 is 98.0 Å². The molecule has 0 spiro atoms. The Labute approximate surface area is 307 Å². The SMILES string of the molecule is CC(C)=CCC/C(C)=C/CC/C(C)=C/C=NCCC(O)C(=O)CC1CC(N)C(OC2CC(O)C(O)C(CN)O2)C(OC2OC(CO)C(O)C2O)C1O. The molecule has 0 aromatic rings. The second-order valence-corrected chi connectivity index (χ2v) is 14.6. The van der Waals surface area contributed by atoms with Gasteiger partial charge in [-0.1, -0.05) is 28.9 Å². The topological polar surface area (TPSA) is 260 Å². The van der Waals surface area contributed by atoms with Crippen LogP contribution in [0.1, 0.15) is 79.1 Å². The highest BCUT2D eigenvalue weighted by atomic mass is 16.7. The van der Waals surface area contributed by atoms with Crippen LogP contribution in [0.5, 0.6) is 0 Å². The number of ketones is 1. The number of rotatable bonds is 19. The first-order valence-corrected chi connectivity index (χ1v) is 18.4. The number of Topliss-reactive ketones (excluding diaryl/α,β-unsaturated/α-hetero) is 1. The third kappa shape index (κ3) is 13.1. The van der Waals surface area contributed by atoms with Crippen LogP contribution < -0.4 is 11.5 Å². The molecule has 14 atom stereocenters. The van der Waals surface area contributed by atoms with Crippen molar-refractivity contribution in [2.75, 3.05) is 19.7 Å². The lowest BCUT2D eigenvalue weighted by Gasteiger charge is -2.46. The van der Waals surface area contributed by atoms with Crippen LogP contribution >= 0.6 is 0 Å². The quantitative estimate of drug-likeness (QED) is 0.0619. The van der Waals surface area contributed by atoms with Crippen molar-refractivity contribution < 1.29 is 59.5 Å². The van der Waals surface area contributed by atoms with Gasteiger partial charge in [-0.2, -0.15) is 0 Å². The summed E-state index contributed by atoms with van der Waals surface area (Å²) in [7, 11) is 0. The predicted molar refractivity (Wildman–Crippen MR) is 193 cm³/mol. The maximum Gasteiger partial charge on any atom is 0.187 e. The summed E-state index contributed by atoms with van der Waals surface area (Å²) in [6.07, 6.45) is -3.63. The lowest BCUT2D eigenvalue weighted by Crippen LogP contribution is -2.62. The number of aliphatic hydroxyl groups is 7. The van der Waals surface area contributed by atoms with Gasteiger partial charge in [0.15, 0.2) is 18.4 Å². The van der Waals surface area contributed by atoms with E-state index in [9.17, 15) is 40.5 Å². The monoisotopic (exact) mass is 741 g/mol. The van der Waals surface area contributed by atoms with Gasteiger partial charge in [0, 0.05) is 38.2 Å². The van der Waals surface area contributed by atoms with Crippen molar-refractivity contribution in [3.63, 3.8) is 0 Å². The van der Waals surface area contributed by atoms with Crippen LogP contribution in [0.4, 0.5) is 0 Å². The van der Waals surface area contributed by atoms with Crippen LogP contribution in [0.15, 0.2) is 39.9 Å². The van der Waals surface area contributed by atoms with Crippen molar-refractivity contribution in [2.45, 2.75) is 159 Å². The van der Waals surface area contributed by atoms with Crippen LogP contribution in [0.2, 0.25) is 0 Å². The fourth-order valence-electron chi connectivity index (χ4n) is 6.70. The molecule has 14 unspecified atom stereocenters. The Balaban J connectivity index is 1.58. The molecule has 1 aliphatic carbocycles. The van der Waals surface area contributed by atoms with Crippen molar-refractivity contribution in [3.05, 3.63) is 34.9 Å². The number of aliphatic hydroxyl groups excluding tert-OH is 7. The van der Waals surface area contributed by atoms with Gasteiger partial charge in [-0.05, 0) is 78.2 Å². The molecular weight excluding hydrogens is 678 g/mol. The minimum Gasteiger partial charge on any atom is -0.394 e. The summed E-state index contributed by atoms with van der Waals surface area (Å²) in [4.78, 5) is 17.4. The average molecular weight is 742 g/mol. The Bertz CT molecular complexity index is 1230. The second kappa shape index (κ2) is 21.8. The maximum atomic E-state index is 13.1. The number of nitrogens with zero attached hydrogens (tertiary/aromatic N) is 1. The van der Waals surface area contributed by atoms with E-state index in [0.717, 1.165) is 31.3 Å². The van der Waals surface area contributed by atoms with Crippen LogP contribution in [0, 0.1) is 5.92 Å². The van der Waals surface area contributed by atoms with E-state index in [1.807, 2.05) is 13.0 Å².